The second-order valence-corrected chi connectivity index (χ2v) is 7.65. The van der Waals surface area contributed by atoms with Crippen LogP contribution in [0.3, 0.4) is 0 Å². The molecule has 2 aromatic carbocycles. The van der Waals surface area contributed by atoms with Gasteiger partial charge in [-0.2, -0.15) is 0 Å². The molecule has 164 valence electrons. The van der Waals surface area contributed by atoms with Crippen molar-refractivity contribution in [2.75, 3.05) is 20.2 Å². The van der Waals surface area contributed by atoms with Crippen LogP contribution in [-0.2, 0) is 6.54 Å². The third-order valence-corrected chi connectivity index (χ3v) is 5.74. The second kappa shape index (κ2) is 9.49. The topological polar surface area (TPSA) is 85.8 Å². The zero-order valence-electron chi connectivity index (χ0n) is 17.6. The number of nitro groups is 1. The average molecular weight is 445 g/mol. The van der Waals surface area contributed by atoms with Gasteiger partial charge in [-0.15, -0.1) is 12.4 Å². The van der Waals surface area contributed by atoms with Gasteiger partial charge in [0.15, 0.2) is 5.43 Å². The van der Waals surface area contributed by atoms with Crippen molar-refractivity contribution in [2.24, 2.45) is 0 Å². The molecule has 0 spiro atoms. The van der Waals surface area contributed by atoms with E-state index in [9.17, 15) is 14.9 Å². The van der Waals surface area contributed by atoms with Crippen LogP contribution in [0, 0.1) is 17.0 Å². The Balaban J connectivity index is 0.00000272. The molecule has 0 atom stereocenters. The van der Waals surface area contributed by atoms with E-state index >= 15 is 0 Å². The highest BCUT2D eigenvalue weighted by atomic mass is 35.5. The van der Waals surface area contributed by atoms with Gasteiger partial charge in [-0.05, 0) is 57.1 Å². The summed E-state index contributed by atoms with van der Waals surface area (Å²) in [4.78, 5) is 26.0. The lowest BCUT2D eigenvalue weighted by Gasteiger charge is -2.27. The Morgan fingerprint density at radius 2 is 1.77 bits per heavy atom. The minimum Gasteiger partial charge on any atom is -0.496 e. The van der Waals surface area contributed by atoms with E-state index in [4.69, 9.17) is 9.15 Å². The van der Waals surface area contributed by atoms with Crippen molar-refractivity contribution in [3.05, 3.63) is 67.9 Å². The van der Waals surface area contributed by atoms with Crippen molar-refractivity contribution in [1.29, 1.82) is 0 Å². The van der Waals surface area contributed by atoms with E-state index in [1.54, 1.807) is 32.2 Å². The highest BCUT2D eigenvalue weighted by Crippen LogP contribution is 2.33. The van der Waals surface area contributed by atoms with Crippen molar-refractivity contribution in [1.82, 2.24) is 4.90 Å². The lowest BCUT2D eigenvalue weighted by molar-refractivity contribution is -0.384. The Kier molecular flexibility index (Phi) is 6.97. The summed E-state index contributed by atoms with van der Waals surface area (Å²) >= 11 is 0. The summed E-state index contributed by atoms with van der Waals surface area (Å²) in [5, 5.41) is 11.5. The number of nitrogens with zero attached hydrogens (tertiary/aromatic N) is 2. The minimum atomic E-state index is -0.450. The summed E-state index contributed by atoms with van der Waals surface area (Å²) in [6.45, 7) is 4.37. The number of hydrogen-bond acceptors (Lipinski definition) is 6. The molecule has 0 N–H and O–H groups in total. The van der Waals surface area contributed by atoms with E-state index in [0.29, 0.717) is 40.2 Å². The molecule has 8 heteroatoms. The summed E-state index contributed by atoms with van der Waals surface area (Å²) in [5.41, 5.74) is 2.37. The van der Waals surface area contributed by atoms with Crippen molar-refractivity contribution >= 4 is 29.1 Å². The van der Waals surface area contributed by atoms with Crippen LogP contribution in [0.25, 0.3) is 22.3 Å². The fraction of sp³-hybridized carbons (Fsp3) is 0.348. The first-order chi connectivity index (χ1) is 14.5. The van der Waals surface area contributed by atoms with Gasteiger partial charge < -0.3 is 9.15 Å². The Labute approximate surface area is 186 Å². The van der Waals surface area contributed by atoms with Crippen LogP contribution in [0.5, 0.6) is 5.75 Å². The summed E-state index contributed by atoms with van der Waals surface area (Å²) in [7, 11) is 1.62. The molecule has 0 aliphatic carbocycles. The molecule has 1 aliphatic heterocycles. The third kappa shape index (κ3) is 4.43. The molecular formula is C23H25ClN2O5. The SMILES string of the molecule is COc1ccc2c(=O)c(C)c(-c3ccc([N+](=O)[O-])cc3)oc2c1CN1CCCCC1.Cl. The van der Waals surface area contributed by atoms with E-state index in [-0.39, 0.29) is 23.5 Å². The fourth-order valence-corrected chi connectivity index (χ4v) is 4.08. The first-order valence-electron chi connectivity index (χ1n) is 10.1. The number of benzene rings is 2. The van der Waals surface area contributed by atoms with Crippen molar-refractivity contribution in [2.45, 2.75) is 32.7 Å². The lowest BCUT2D eigenvalue weighted by Crippen LogP contribution is -2.29. The van der Waals surface area contributed by atoms with Crippen LogP contribution in [0.1, 0.15) is 30.4 Å². The van der Waals surface area contributed by atoms with Crippen LogP contribution in [-0.4, -0.2) is 30.0 Å². The second-order valence-electron chi connectivity index (χ2n) is 7.65. The molecule has 1 aromatic heterocycles. The fourth-order valence-electron chi connectivity index (χ4n) is 4.08. The Bertz CT molecular complexity index is 1150. The number of rotatable bonds is 5. The van der Waals surface area contributed by atoms with Crippen molar-refractivity contribution < 1.29 is 14.1 Å². The zero-order valence-corrected chi connectivity index (χ0v) is 18.4. The maximum Gasteiger partial charge on any atom is 0.269 e. The molecule has 7 nitrogen and oxygen atoms in total. The van der Waals surface area contributed by atoms with E-state index < -0.39 is 4.92 Å². The van der Waals surface area contributed by atoms with Crippen molar-refractivity contribution in [3.63, 3.8) is 0 Å². The average Bonchev–Trinajstić information content (AvgIpc) is 2.77. The molecule has 1 fully saturated rings. The van der Waals surface area contributed by atoms with Gasteiger partial charge >= 0.3 is 0 Å². The number of nitro benzene ring substituents is 1. The zero-order chi connectivity index (χ0) is 21.3. The number of methoxy groups -OCH3 is 1. The van der Waals surface area contributed by atoms with Gasteiger partial charge in [0.05, 0.1) is 23.0 Å². The standard InChI is InChI=1S/C23H24N2O5.ClH/c1-15-21(26)18-10-11-20(29-2)19(14-24-12-4-3-5-13-24)23(18)30-22(15)16-6-8-17(9-7-16)25(27)28;/h6-11H,3-5,12-14H2,1-2H3;1H. The van der Waals surface area contributed by atoms with Gasteiger partial charge in [0.25, 0.3) is 5.69 Å². The predicted molar refractivity (Wildman–Crippen MR) is 122 cm³/mol. The van der Waals surface area contributed by atoms with Gasteiger partial charge in [0.2, 0.25) is 0 Å². The van der Waals surface area contributed by atoms with Crippen LogP contribution in [0.15, 0.2) is 45.6 Å². The molecule has 0 amide bonds. The normalized spacial score (nSPS) is 14.3. The van der Waals surface area contributed by atoms with E-state index in [1.165, 1.54) is 18.6 Å². The maximum absolute atomic E-state index is 13.1. The smallest absolute Gasteiger partial charge is 0.269 e. The highest BCUT2D eigenvalue weighted by molar-refractivity contribution is 5.85. The molecular weight excluding hydrogens is 420 g/mol. The van der Waals surface area contributed by atoms with E-state index in [1.807, 2.05) is 6.07 Å². The largest absolute Gasteiger partial charge is 0.496 e. The molecule has 1 aliphatic rings. The Hall–Kier alpha value is -2.90. The van der Waals surface area contributed by atoms with Crippen molar-refractivity contribution in [3.8, 4) is 17.1 Å². The first kappa shape index (κ1) is 22.8. The van der Waals surface area contributed by atoms with Crippen LogP contribution in [0.4, 0.5) is 5.69 Å². The molecule has 0 unspecified atom stereocenters. The number of hydrogen-bond donors (Lipinski definition) is 0. The molecule has 0 saturated carbocycles. The molecule has 0 radical (unpaired) electrons. The molecule has 4 rings (SSSR count). The number of fused-ring (bicyclic) bond motifs is 1. The highest BCUT2D eigenvalue weighted by Gasteiger charge is 2.21. The summed E-state index contributed by atoms with van der Waals surface area (Å²) in [6, 6.07) is 9.62. The molecule has 0 bridgehead atoms. The van der Waals surface area contributed by atoms with Crippen LogP contribution >= 0.6 is 12.4 Å². The van der Waals surface area contributed by atoms with Crippen LogP contribution in [0.2, 0.25) is 0 Å². The molecule has 1 saturated heterocycles. The Morgan fingerprint density at radius 3 is 2.39 bits per heavy atom. The molecule has 2 heterocycles. The number of ether oxygens (including phenoxy) is 1. The first-order valence-corrected chi connectivity index (χ1v) is 10.1. The maximum atomic E-state index is 13.1. The number of halogens is 1. The quantitative estimate of drug-likeness (QED) is 0.402. The molecule has 3 aromatic rings. The summed E-state index contributed by atoms with van der Waals surface area (Å²) in [5.74, 6) is 1.12. The predicted octanol–water partition coefficient (Wildman–Crippen LogP) is 5.09. The molecule has 31 heavy (non-hydrogen) atoms. The van der Waals surface area contributed by atoms with E-state index in [0.717, 1.165) is 31.5 Å². The summed E-state index contributed by atoms with van der Waals surface area (Å²) in [6.07, 6.45) is 3.55. The third-order valence-electron chi connectivity index (χ3n) is 5.74. The van der Waals surface area contributed by atoms with Gasteiger partial charge in [0, 0.05) is 29.8 Å². The monoisotopic (exact) mass is 444 g/mol. The number of likely N-dealkylation sites (tertiary alicyclic amines) is 1. The minimum absolute atomic E-state index is 0. The number of piperidine rings is 1. The van der Waals surface area contributed by atoms with Gasteiger partial charge in [-0.25, -0.2) is 0 Å². The lowest BCUT2D eigenvalue weighted by atomic mass is 10.0. The van der Waals surface area contributed by atoms with Gasteiger partial charge in [-0.3, -0.25) is 19.8 Å². The summed E-state index contributed by atoms with van der Waals surface area (Å²) < 4.78 is 11.9. The number of non-ortho nitro benzene ring substituents is 1. The van der Waals surface area contributed by atoms with Gasteiger partial charge in [-0.1, -0.05) is 6.42 Å². The van der Waals surface area contributed by atoms with E-state index in [2.05, 4.69) is 4.90 Å². The van der Waals surface area contributed by atoms with Gasteiger partial charge in [0.1, 0.15) is 17.1 Å². The Morgan fingerprint density at radius 1 is 1.10 bits per heavy atom. The van der Waals surface area contributed by atoms with Crippen LogP contribution < -0.4 is 10.2 Å².